The lowest BCUT2D eigenvalue weighted by molar-refractivity contribution is -0.385. The van der Waals surface area contributed by atoms with Crippen molar-refractivity contribution in [3.05, 3.63) is 75.3 Å². The largest absolute Gasteiger partial charge is 0.455 e. The molecule has 0 saturated carbocycles. The summed E-state index contributed by atoms with van der Waals surface area (Å²) < 4.78 is 77.8. The molecule has 4 aromatic rings. The van der Waals surface area contributed by atoms with E-state index in [0.29, 0.717) is 11.6 Å². The van der Waals surface area contributed by atoms with Crippen molar-refractivity contribution >= 4 is 44.0 Å². The van der Waals surface area contributed by atoms with Gasteiger partial charge in [-0.1, -0.05) is 17.7 Å². The van der Waals surface area contributed by atoms with Gasteiger partial charge in [0.05, 0.1) is 20.5 Å². The fraction of sp³-hybridized carbons (Fsp3) is 0.0526. The van der Waals surface area contributed by atoms with Crippen molar-refractivity contribution in [3.63, 3.8) is 0 Å². The molecule has 0 saturated heterocycles. The average Bonchev–Trinajstić information content (AvgIpc) is 3.24. The number of sulfonamides is 1. The topological polar surface area (TPSA) is 137 Å². The third-order valence-corrected chi connectivity index (χ3v) is 6.10. The molecular weight excluding hydrogens is 505 g/mol. The van der Waals surface area contributed by atoms with Crippen LogP contribution in [0.25, 0.3) is 11.0 Å². The Morgan fingerprint density at radius 3 is 2.47 bits per heavy atom. The molecule has 176 valence electrons. The van der Waals surface area contributed by atoms with Crippen molar-refractivity contribution in [2.24, 2.45) is 0 Å². The quantitative estimate of drug-likeness (QED) is 0.267. The third-order valence-electron chi connectivity index (χ3n) is 4.44. The second-order valence-electron chi connectivity index (χ2n) is 6.67. The zero-order valence-electron chi connectivity index (χ0n) is 16.4. The fourth-order valence-electron chi connectivity index (χ4n) is 2.88. The Bertz CT molecular complexity index is 1520. The first-order valence-electron chi connectivity index (χ1n) is 9.03. The molecule has 3 aromatic carbocycles. The van der Waals surface area contributed by atoms with Crippen LogP contribution in [0.15, 0.2) is 64.1 Å². The number of ether oxygens (including phenoxy) is 1. The standard InChI is InChI=1S/C19H10ClF3N4O6S/c20-13-9-11(34(30,31)26-15-3-1-2-14-18(15)25-33-24-14)5-7-17(13)32-16-6-4-10(27(28)29)8-12(16)19(21,22)23/h1-9,26H. The van der Waals surface area contributed by atoms with Crippen LogP contribution in [0.2, 0.25) is 5.02 Å². The van der Waals surface area contributed by atoms with Gasteiger partial charge in [-0.15, -0.1) is 0 Å². The number of nitro groups is 1. The molecule has 0 radical (unpaired) electrons. The summed E-state index contributed by atoms with van der Waals surface area (Å²) in [6.45, 7) is 0. The van der Waals surface area contributed by atoms with Crippen LogP contribution in [0.5, 0.6) is 11.5 Å². The number of hydrogen-bond acceptors (Lipinski definition) is 8. The van der Waals surface area contributed by atoms with E-state index in [1.165, 1.54) is 12.1 Å². The monoisotopic (exact) mass is 514 g/mol. The maximum Gasteiger partial charge on any atom is 0.420 e. The number of aromatic nitrogens is 2. The third kappa shape index (κ3) is 4.58. The van der Waals surface area contributed by atoms with Crippen LogP contribution in [0.3, 0.4) is 0 Å². The number of non-ortho nitro benzene ring substituents is 1. The first-order valence-corrected chi connectivity index (χ1v) is 10.9. The lowest BCUT2D eigenvalue weighted by atomic mass is 10.1. The van der Waals surface area contributed by atoms with Gasteiger partial charge >= 0.3 is 6.18 Å². The van der Waals surface area contributed by atoms with Crippen LogP contribution in [0, 0.1) is 10.1 Å². The number of nitrogens with zero attached hydrogens (tertiary/aromatic N) is 3. The van der Waals surface area contributed by atoms with E-state index in [1.807, 2.05) is 0 Å². The Kier molecular flexibility index (Phi) is 5.79. The first-order chi connectivity index (χ1) is 16.0. The lowest BCUT2D eigenvalue weighted by Gasteiger charge is -2.15. The maximum absolute atomic E-state index is 13.4. The van der Waals surface area contributed by atoms with Crippen molar-refractivity contribution in [2.45, 2.75) is 11.1 Å². The van der Waals surface area contributed by atoms with Crippen molar-refractivity contribution in [1.82, 2.24) is 10.3 Å². The van der Waals surface area contributed by atoms with E-state index >= 15 is 0 Å². The minimum absolute atomic E-state index is 0.0795. The number of nitrogens with one attached hydrogen (secondary N) is 1. The minimum atomic E-state index is -4.96. The lowest BCUT2D eigenvalue weighted by Crippen LogP contribution is -2.13. The first kappa shape index (κ1) is 23.3. The Balaban J connectivity index is 1.64. The van der Waals surface area contributed by atoms with Gasteiger partial charge in [0.15, 0.2) is 5.52 Å². The van der Waals surface area contributed by atoms with Gasteiger partial charge in [-0.3, -0.25) is 14.8 Å². The molecule has 0 atom stereocenters. The number of benzene rings is 3. The molecule has 4 rings (SSSR count). The van der Waals surface area contributed by atoms with Gasteiger partial charge in [0.2, 0.25) is 0 Å². The van der Waals surface area contributed by atoms with E-state index in [0.717, 1.165) is 30.3 Å². The number of nitro benzene ring substituents is 1. The molecule has 0 fully saturated rings. The zero-order chi connectivity index (χ0) is 24.7. The molecule has 0 unspecified atom stereocenters. The molecule has 0 spiro atoms. The van der Waals surface area contributed by atoms with Crippen LogP contribution < -0.4 is 9.46 Å². The second kappa shape index (κ2) is 8.46. The molecule has 15 heteroatoms. The predicted octanol–water partition coefficient (Wildman–Crippen LogP) is 5.40. The summed E-state index contributed by atoms with van der Waals surface area (Å²) in [6, 6.07) is 9.52. The van der Waals surface area contributed by atoms with Gasteiger partial charge in [0.1, 0.15) is 22.6 Å². The number of hydrogen-bond donors (Lipinski definition) is 1. The fourth-order valence-corrected chi connectivity index (χ4v) is 4.26. The normalized spacial score (nSPS) is 12.0. The van der Waals surface area contributed by atoms with Gasteiger partial charge in [0.25, 0.3) is 15.7 Å². The van der Waals surface area contributed by atoms with Crippen molar-refractivity contribution < 1.29 is 35.9 Å². The number of fused-ring (bicyclic) bond motifs is 1. The molecule has 0 aliphatic heterocycles. The van der Waals surface area contributed by atoms with E-state index in [-0.39, 0.29) is 26.9 Å². The Morgan fingerprint density at radius 2 is 1.79 bits per heavy atom. The summed E-state index contributed by atoms with van der Waals surface area (Å²) in [5.41, 5.74) is -1.63. The Labute approximate surface area is 193 Å². The molecule has 0 bridgehead atoms. The Morgan fingerprint density at radius 1 is 1.06 bits per heavy atom. The Hall–Kier alpha value is -3.91. The van der Waals surface area contributed by atoms with Crippen LogP contribution in [-0.2, 0) is 16.2 Å². The smallest absolute Gasteiger partial charge is 0.420 e. The summed E-state index contributed by atoms with van der Waals surface area (Å²) in [7, 11) is -4.20. The molecule has 0 aliphatic rings. The number of alkyl halides is 3. The van der Waals surface area contributed by atoms with Crippen molar-refractivity contribution in [3.8, 4) is 11.5 Å². The van der Waals surface area contributed by atoms with Crippen molar-refractivity contribution in [2.75, 3.05) is 4.72 Å². The minimum Gasteiger partial charge on any atom is -0.455 e. The summed E-state index contributed by atoms with van der Waals surface area (Å²) in [5.74, 6) is -1.05. The molecule has 34 heavy (non-hydrogen) atoms. The highest BCUT2D eigenvalue weighted by atomic mass is 35.5. The SMILES string of the molecule is O=[N+]([O-])c1ccc(Oc2ccc(S(=O)(=O)Nc3cccc4nonc34)cc2Cl)c(C(F)(F)F)c1. The predicted molar refractivity (Wildman–Crippen MR) is 112 cm³/mol. The van der Waals surface area contributed by atoms with Crippen LogP contribution in [-0.4, -0.2) is 23.7 Å². The van der Waals surface area contributed by atoms with E-state index < -0.39 is 38.1 Å². The van der Waals surface area contributed by atoms with E-state index in [9.17, 15) is 31.7 Å². The molecule has 1 heterocycles. The maximum atomic E-state index is 13.4. The highest BCUT2D eigenvalue weighted by Crippen LogP contribution is 2.41. The van der Waals surface area contributed by atoms with Crippen LogP contribution in [0.1, 0.15) is 5.56 Å². The second-order valence-corrected chi connectivity index (χ2v) is 8.76. The van der Waals surface area contributed by atoms with Crippen molar-refractivity contribution in [1.29, 1.82) is 0 Å². The summed E-state index contributed by atoms with van der Waals surface area (Å²) in [4.78, 5) is 9.52. The van der Waals surface area contributed by atoms with E-state index in [1.54, 1.807) is 6.07 Å². The van der Waals surface area contributed by atoms with E-state index in [4.69, 9.17) is 16.3 Å². The summed E-state index contributed by atoms with van der Waals surface area (Å²) in [5, 5.41) is 17.7. The van der Waals surface area contributed by atoms with E-state index in [2.05, 4.69) is 19.7 Å². The van der Waals surface area contributed by atoms with Gasteiger partial charge in [-0.05, 0) is 46.7 Å². The molecule has 1 N–H and O–H groups in total. The zero-order valence-corrected chi connectivity index (χ0v) is 18.0. The van der Waals surface area contributed by atoms with Gasteiger partial charge in [0, 0.05) is 12.1 Å². The molecule has 10 nitrogen and oxygen atoms in total. The molecule has 0 amide bonds. The number of rotatable bonds is 6. The molecule has 1 aromatic heterocycles. The highest BCUT2D eigenvalue weighted by Gasteiger charge is 2.36. The number of anilines is 1. The molecule has 0 aliphatic carbocycles. The van der Waals surface area contributed by atoms with Crippen LogP contribution in [0.4, 0.5) is 24.5 Å². The van der Waals surface area contributed by atoms with Gasteiger partial charge < -0.3 is 4.74 Å². The molecular formula is C19H10ClF3N4O6S. The summed E-state index contributed by atoms with van der Waals surface area (Å²) in [6.07, 6.45) is -4.96. The average molecular weight is 515 g/mol. The summed E-state index contributed by atoms with van der Waals surface area (Å²) >= 11 is 6.07. The van der Waals surface area contributed by atoms with Crippen LogP contribution >= 0.6 is 11.6 Å². The highest BCUT2D eigenvalue weighted by molar-refractivity contribution is 7.92. The van der Waals surface area contributed by atoms with Gasteiger partial charge in [-0.25, -0.2) is 13.0 Å². The number of halogens is 4. The van der Waals surface area contributed by atoms with Gasteiger partial charge in [-0.2, -0.15) is 13.2 Å².